The van der Waals surface area contributed by atoms with Gasteiger partial charge < -0.3 is 14.3 Å². The summed E-state index contributed by atoms with van der Waals surface area (Å²) in [5.41, 5.74) is 0.231. The maximum atomic E-state index is 10.9. The van der Waals surface area contributed by atoms with Crippen molar-refractivity contribution in [1.29, 1.82) is 0 Å². The standard InChI is InChI=1S/C15H22O4/c1-3-11-6-4-5-7-14(11)18-9-12-8-13(15(16)17)10(2)19-12/h8,11,14H,3-7,9H2,1-2H3,(H,16,17). The van der Waals surface area contributed by atoms with Crippen molar-refractivity contribution in [2.75, 3.05) is 0 Å². The largest absolute Gasteiger partial charge is 0.478 e. The van der Waals surface area contributed by atoms with Crippen LogP contribution in [0.1, 0.15) is 60.9 Å². The Morgan fingerprint density at radius 1 is 1.47 bits per heavy atom. The third kappa shape index (κ3) is 3.38. The fourth-order valence-electron chi connectivity index (χ4n) is 2.88. The lowest BCUT2D eigenvalue weighted by Crippen LogP contribution is -2.27. The van der Waals surface area contributed by atoms with Gasteiger partial charge in [-0.3, -0.25) is 0 Å². The van der Waals surface area contributed by atoms with Crippen molar-refractivity contribution in [2.45, 2.75) is 58.7 Å². The van der Waals surface area contributed by atoms with E-state index in [-0.39, 0.29) is 11.7 Å². The molecule has 1 aliphatic carbocycles. The summed E-state index contributed by atoms with van der Waals surface area (Å²) in [5.74, 6) is 0.734. The van der Waals surface area contributed by atoms with Crippen LogP contribution in [0, 0.1) is 12.8 Å². The van der Waals surface area contributed by atoms with Gasteiger partial charge in [-0.05, 0) is 31.7 Å². The van der Waals surface area contributed by atoms with Crippen molar-refractivity contribution in [3.05, 3.63) is 23.2 Å². The van der Waals surface area contributed by atoms with E-state index in [4.69, 9.17) is 14.3 Å². The molecule has 1 fully saturated rings. The monoisotopic (exact) mass is 266 g/mol. The molecule has 1 aliphatic rings. The molecule has 1 N–H and O–H groups in total. The van der Waals surface area contributed by atoms with E-state index in [1.807, 2.05) is 0 Å². The topological polar surface area (TPSA) is 59.7 Å². The Morgan fingerprint density at radius 3 is 2.84 bits per heavy atom. The summed E-state index contributed by atoms with van der Waals surface area (Å²) >= 11 is 0. The molecule has 0 aliphatic heterocycles. The molecule has 0 spiro atoms. The van der Waals surface area contributed by atoms with Crippen molar-refractivity contribution >= 4 is 5.97 Å². The second-order valence-electron chi connectivity index (χ2n) is 5.29. The second-order valence-corrected chi connectivity index (χ2v) is 5.29. The zero-order valence-corrected chi connectivity index (χ0v) is 11.6. The first-order valence-corrected chi connectivity index (χ1v) is 7.06. The van der Waals surface area contributed by atoms with Gasteiger partial charge in [0.2, 0.25) is 0 Å². The van der Waals surface area contributed by atoms with Gasteiger partial charge >= 0.3 is 5.97 Å². The van der Waals surface area contributed by atoms with Crippen molar-refractivity contribution in [1.82, 2.24) is 0 Å². The first kappa shape index (κ1) is 14.1. The molecule has 106 valence electrons. The van der Waals surface area contributed by atoms with Gasteiger partial charge in [0, 0.05) is 0 Å². The number of carboxylic acids is 1. The SMILES string of the molecule is CCC1CCCCC1OCc1cc(C(=O)O)c(C)o1. The van der Waals surface area contributed by atoms with E-state index in [0.717, 1.165) is 12.8 Å². The lowest BCUT2D eigenvalue weighted by atomic mass is 9.85. The minimum atomic E-state index is -0.948. The maximum Gasteiger partial charge on any atom is 0.339 e. The number of carboxylic acid groups (broad SMARTS) is 1. The van der Waals surface area contributed by atoms with Gasteiger partial charge in [0.25, 0.3) is 0 Å². The van der Waals surface area contributed by atoms with Crippen LogP contribution in [0.4, 0.5) is 0 Å². The molecule has 4 heteroatoms. The number of ether oxygens (including phenoxy) is 1. The van der Waals surface area contributed by atoms with Crippen LogP contribution in [0.25, 0.3) is 0 Å². The maximum absolute atomic E-state index is 10.9. The molecule has 1 heterocycles. The number of aryl methyl sites for hydroxylation is 1. The first-order valence-electron chi connectivity index (χ1n) is 7.06. The Kier molecular flexibility index (Phi) is 4.64. The van der Waals surface area contributed by atoms with Crippen LogP contribution in [0.5, 0.6) is 0 Å². The van der Waals surface area contributed by atoms with E-state index < -0.39 is 5.97 Å². The van der Waals surface area contributed by atoms with Crippen LogP contribution in [-0.4, -0.2) is 17.2 Å². The van der Waals surface area contributed by atoms with E-state index in [2.05, 4.69) is 6.92 Å². The molecule has 2 atom stereocenters. The highest BCUT2D eigenvalue weighted by atomic mass is 16.5. The second kappa shape index (κ2) is 6.24. The summed E-state index contributed by atoms with van der Waals surface area (Å²) in [4.78, 5) is 10.9. The predicted molar refractivity (Wildman–Crippen MR) is 71.2 cm³/mol. The summed E-state index contributed by atoms with van der Waals surface area (Å²) in [6.45, 7) is 4.24. The molecule has 0 bridgehead atoms. The van der Waals surface area contributed by atoms with Crippen molar-refractivity contribution in [3.63, 3.8) is 0 Å². The molecule has 2 rings (SSSR count). The molecule has 4 nitrogen and oxygen atoms in total. The van der Waals surface area contributed by atoms with Crippen LogP contribution in [0.2, 0.25) is 0 Å². The average molecular weight is 266 g/mol. The van der Waals surface area contributed by atoms with Crippen LogP contribution >= 0.6 is 0 Å². The van der Waals surface area contributed by atoms with E-state index in [1.54, 1.807) is 13.0 Å². The highest BCUT2D eigenvalue weighted by Crippen LogP contribution is 2.30. The van der Waals surface area contributed by atoms with E-state index in [0.29, 0.717) is 24.0 Å². The van der Waals surface area contributed by atoms with Crippen molar-refractivity contribution in [3.8, 4) is 0 Å². The highest BCUT2D eigenvalue weighted by molar-refractivity contribution is 5.88. The molecule has 0 aromatic carbocycles. The molecule has 0 saturated heterocycles. The van der Waals surface area contributed by atoms with Crippen LogP contribution in [-0.2, 0) is 11.3 Å². The third-order valence-electron chi connectivity index (χ3n) is 4.00. The van der Waals surface area contributed by atoms with Gasteiger partial charge in [-0.15, -0.1) is 0 Å². The number of hydrogen-bond donors (Lipinski definition) is 1. The summed E-state index contributed by atoms with van der Waals surface area (Å²) in [6.07, 6.45) is 6.28. The Labute approximate surface area is 113 Å². The molecule has 0 amide bonds. The first-order chi connectivity index (χ1) is 9.11. The number of aromatic carboxylic acids is 1. The fraction of sp³-hybridized carbons (Fsp3) is 0.667. The molecule has 19 heavy (non-hydrogen) atoms. The molecular weight excluding hydrogens is 244 g/mol. The molecule has 1 saturated carbocycles. The molecular formula is C15H22O4. The quantitative estimate of drug-likeness (QED) is 0.881. The summed E-state index contributed by atoms with van der Waals surface area (Å²) in [5, 5.41) is 8.98. The summed E-state index contributed by atoms with van der Waals surface area (Å²) in [7, 11) is 0. The number of rotatable bonds is 5. The predicted octanol–water partition coefficient (Wildman–Crippen LogP) is 3.77. The average Bonchev–Trinajstić information content (AvgIpc) is 2.78. The zero-order chi connectivity index (χ0) is 13.8. The number of hydrogen-bond acceptors (Lipinski definition) is 3. The Bertz CT molecular complexity index is 435. The van der Waals surface area contributed by atoms with Crippen molar-refractivity contribution < 1.29 is 19.1 Å². The highest BCUT2D eigenvalue weighted by Gasteiger charge is 2.25. The van der Waals surface area contributed by atoms with Crippen molar-refractivity contribution in [2.24, 2.45) is 5.92 Å². The lowest BCUT2D eigenvalue weighted by Gasteiger charge is -2.30. The van der Waals surface area contributed by atoms with E-state index in [1.165, 1.54) is 19.3 Å². The summed E-state index contributed by atoms with van der Waals surface area (Å²) in [6, 6.07) is 1.57. The number of furan rings is 1. The lowest BCUT2D eigenvalue weighted by molar-refractivity contribution is -0.0285. The molecule has 1 aromatic heterocycles. The van der Waals surface area contributed by atoms with Crippen LogP contribution < -0.4 is 0 Å². The summed E-state index contributed by atoms with van der Waals surface area (Å²) < 4.78 is 11.4. The normalized spacial score (nSPS) is 23.5. The van der Waals surface area contributed by atoms with E-state index in [9.17, 15) is 4.79 Å². The third-order valence-corrected chi connectivity index (χ3v) is 4.00. The van der Waals surface area contributed by atoms with E-state index >= 15 is 0 Å². The molecule has 1 aromatic rings. The Hall–Kier alpha value is -1.29. The van der Waals surface area contributed by atoms with Gasteiger partial charge in [0.15, 0.2) is 0 Å². The molecule has 0 radical (unpaired) electrons. The zero-order valence-electron chi connectivity index (χ0n) is 11.6. The van der Waals surface area contributed by atoms with Crippen LogP contribution in [0.3, 0.4) is 0 Å². The number of carbonyl (C=O) groups is 1. The van der Waals surface area contributed by atoms with Gasteiger partial charge in [0.05, 0.1) is 6.10 Å². The minimum absolute atomic E-state index is 0.231. The van der Waals surface area contributed by atoms with Gasteiger partial charge in [-0.2, -0.15) is 0 Å². The minimum Gasteiger partial charge on any atom is -0.478 e. The van der Waals surface area contributed by atoms with Gasteiger partial charge in [-0.1, -0.05) is 26.2 Å². The Morgan fingerprint density at radius 2 is 2.21 bits per heavy atom. The van der Waals surface area contributed by atoms with Gasteiger partial charge in [0.1, 0.15) is 23.7 Å². The molecule has 2 unspecified atom stereocenters. The smallest absolute Gasteiger partial charge is 0.339 e. The van der Waals surface area contributed by atoms with Gasteiger partial charge in [-0.25, -0.2) is 4.79 Å². The van der Waals surface area contributed by atoms with Crippen LogP contribution in [0.15, 0.2) is 10.5 Å². The Balaban J connectivity index is 1.94. The fourth-order valence-corrected chi connectivity index (χ4v) is 2.88.